The smallest absolute Gasteiger partial charge is 0.241 e. The molecule has 20 heavy (non-hydrogen) atoms. The van der Waals surface area contributed by atoms with Gasteiger partial charge in [0.25, 0.3) is 0 Å². The second-order valence-electron chi connectivity index (χ2n) is 5.05. The van der Waals surface area contributed by atoms with Crippen LogP contribution in [0.25, 0.3) is 0 Å². The van der Waals surface area contributed by atoms with E-state index in [1.54, 1.807) is 7.05 Å². The van der Waals surface area contributed by atoms with Crippen LogP contribution in [-0.4, -0.2) is 31.7 Å². The van der Waals surface area contributed by atoms with Gasteiger partial charge in [0.1, 0.15) is 23.6 Å². The van der Waals surface area contributed by atoms with E-state index in [2.05, 4.69) is 5.32 Å². The third-order valence-corrected chi connectivity index (χ3v) is 3.76. The molecule has 1 aliphatic carbocycles. The van der Waals surface area contributed by atoms with E-state index in [-0.39, 0.29) is 18.4 Å². The molecule has 5 heteroatoms. The standard InChI is InChI=1S/C15H22N2O3/c1-3-19-12-6-8-13(9-7-12)20-10-15(17-2,14(16)18)11-4-5-11/h6-9,11,17H,3-5,10H2,1-2H3,(H2,16,18). The van der Waals surface area contributed by atoms with E-state index in [9.17, 15) is 4.79 Å². The molecule has 1 fully saturated rings. The first-order valence-electron chi connectivity index (χ1n) is 6.97. The molecule has 1 aromatic rings. The number of carbonyl (C=O) groups is 1. The van der Waals surface area contributed by atoms with Gasteiger partial charge in [-0.25, -0.2) is 0 Å². The van der Waals surface area contributed by atoms with Crippen LogP contribution >= 0.6 is 0 Å². The predicted molar refractivity (Wildman–Crippen MR) is 76.8 cm³/mol. The second-order valence-corrected chi connectivity index (χ2v) is 5.05. The van der Waals surface area contributed by atoms with E-state index in [0.717, 1.165) is 18.6 Å². The van der Waals surface area contributed by atoms with Gasteiger partial charge < -0.3 is 20.5 Å². The van der Waals surface area contributed by atoms with E-state index < -0.39 is 5.54 Å². The Bertz CT molecular complexity index is 457. The fourth-order valence-electron chi connectivity index (χ4n) is 2.36. The number of nitrogens with two attached hydrogens (primary N) is 1. The number of hydrogen-bond acceptors (Lipinski definition) is 4. The van der Waals surface area contributed by atoms with Gasteiger partial charge in [0.2, 0.25) is 5.91 Å². The number of hydrogen-bond donors (Lipinski definition) is 2. The molecule has 5 nitrogen and oxygen atoms in total. The van der Waals surface area contributed by atoms with E-state index in [1.807, 2.05) is 31.2 Å². The van der Waals surface area contributed by atoms with Crippen LogP contribution in [0.5, 0.6) is 11.5 Å². The molecule has 1 aliphatic rings. The first-order valence-corrected chi connectivity index (χ1v) is 6.97. The fourth-order valence-corrected chi connectivity index (χ4v) is 2.36. The zero-order chi connectivity index (χ0) is 14.6. The Morgan fingerprint density at radius 3 is 2.25 bits per heavy atom. The largest absolute Gasteiger partial charge is 0.494 e. The van der Waals surface area contributed by atoms with E-state index in [0.29, 0.717) is 12.4 Å². The Morgan fingerprint density at radius 1 is 1.30 bits per heavy atom. The number of amides is 1. The summed E-state index contributed by atoms with van der Waals surface area (Å²) in [5, 5.41) is 3.05. The van der Waals surface area contributed by atoms with Gasteiger partial charge >= 0.3 is 0 Å². The number of likely N-dealkylation sites (N-methyl/N-ethyl adjacent to an activating group) is 1. The fraction of sp³-hybridized carbons (Fsp3) is 0.533. The van der Waals surface area contributed by atoms with Crippen molar-refractivity contribution >= 4 is 5.91 Å². The van der Waals surface area contributed by atoms with Crippen molar-refractivity contribution in [2.45, 2.75) is 25.3 Å². The molecule has 3 N–H and O–H groups in total. The number of nitrogens with one attached hydrogen (secondary N) is 1. The summed E-state index contributed by atoms with van der Waals surface area (Å²) < 4.78 is 11.1. The molecule has 1 unspecified atom stereocenters. The molecule has 1 aromatic carbocycles. The van der Waals surface area contributed by atoms with Crippen LogP contribution in [0.3, 0.4) is 0 Å². The van der Waals surface area contributed by atoms with Crippen molar-refractivity contribution < 1.29 is 14.3 Å². The number of ether oxygens (including phenoxy) is 2. The van der Waals surface area contributed by atoms with Gasteiger partial charge in [-0.1, -0.05) is 0 Å². The molecule has 1 atom stereocenters. The lowest BCUT2D eigenvalue weighted by Gasteiger charge is -2.30. The minimum Gasteiger partial charge on any atom is -0.494 e. The Hall–Kier alpha value is -1.75. The average molecular weight is 278 g/mol. The quantitative estimate of drug-likeness (QED) is 0.752. The van der Waals surface area contributed by atoms with Crippen molar-refractivity contribution in [1.29, 1.82) is 0 Å². The van der Waals surface area contributed by atoms with Gasteiger partial charge in [-0.3, -0.25) is 4.79 Å². The maximum absolute atomic E-state index is 11.8. The number of carbonyl (C=O) groups excluding carboxylic acids is 1. The van der Waals surface area contributed by atoms with Gasteiger partial charge in [-0.15, -0.1) is 0 Å². The molecular weight excluding hydrogens is 256 g/mol. The molecule has 0 saturated heterocycles. The molecule has 0 aromatic heterocycles. The van der Waals surface area contributed by atoms with Crippen molar-refractivity contribution in [3.8, 4) is 11.5 Å². The van der Waals surface area contributed by atoms with Crippen molar-refractivity contribution in [3.05, 3.63) is 24.3 Å². The lowest BCUT2D eigenvalue weighted by atomic mass is 9.93. The summed E-state index contributed by atoms with van der Waals surface area (Å²) in [4.78, 5) is 11.8. The zero-order valence-electron chi connectivity index (χ0n) is 12.0. The highest BCUT2D eigenvalue weighted by atomic mass is 16.5. The summed E-state index contributed by atoms with van der Waals surface area (Å²) in [5.74, 6) is 1.42. The molecule has 0 spiro atoms. The van der Waals surface area contributed by atoms with Crippen LogP contribution in [-0.2, 0) is 4.79 Å². The lowest BCUT2D eigenvalue weighted by molar-refractivity contribution is -0.126. The van der Waals surface area contributed by atoms with E-state index in [1.165, 1.54) is 0 Å². The predicted octanol–water partition coefficient (Wildman–Crippen LogP) is 1.32. The summed E-state index contributed by atoms with van der Waals surface area (Å²) in [5.41, 5.74) is 4.78. The zero-order valence-corrected chi connectivity index (χ0v) is 12.0. The second kappa shape index (κ2) is 6.13. The Labute approximate surface area is 119 Å². The molecular formula is C15H22N2O3. The van der Waals surface area contributed by atoms with Crippen LogP contribution in [0.1, 0.15) is 19.8 Å². The van der Waals surface area contributed by atoms with Crippen molar-refractivity contribution in [2.75, 3.05) is 20.3 Å². The minimum absolute atomic E-state index is 0.248. The summed E-state index contributed by atoms with van der Waals surface area (Å²) in [6.45, 7) is 2.82. The monoisotopic (exact) mass is 278 g/mol. The van der Waals surface area contributed by atoms with Crippen LogP contribution < -0.4 is 20.5 Å². The van der Waals surface area contributed by atoms with Gasteiger partial charge in [0.05, 0.1) is 6.61 Å². The normalized spacial score (nSPS) is 17.3. The van der Waals surface area contributed by atoms with Crippen LogP contribution in [0.2, 0.25) is 0 Å². The summed E-state index contributed by atoms with van der Waals surface area (Å²) >= 11 is 0. The highest BCUT2D eigenvalue weighted by Crippen LogP contribution is 2.39. The first-order chi connectivity index (χ1) is 9.62. The first kappa shape index (κ1) is 14.7. The SMILES string of the molecule is CCOc1ccc(OCC(NC)(C(N)=O)C2CC2)cc1. The number of rotatable bonds is 8. The van der Waals surface area contributed by atoms with Crippen LogP contribution in [0.15, 0.2) is 24.3 Å². The molecule has 0 aliphatic heterocycles. The lowest BCUT2D eigenvalue weighted by Crippen LogP contribution is -2.59. The van der Waals surface area contributed by atoms with Gasteiger partial charge in [-0.2, -0.15) is 0 Å². The van der Waals surface area contributed by atoms with Gasteiger partial charge in [-0.05, 0) is 57.0 Å². The number of primary amides is 1. The third kappa shape index (κ3) is 3.04. The number of benzene rings is 1. The van der Waals surface area contributed by atoms with Crippen LogP contribution in [0.4, 0.5) is 0 Å². The van der Waals surface area contributed by atoms with Crippen LogP contribution in [0, 0.1) is 5.92 Å². The molecule has 0 bridgehead atoms. The highest BCUT2D eigenvalue weighted by molar-refractivity contribution is 5.85. The van der Waals surface area contributed by atoms with Crippen molar-refractivity contribution in [1.82, 2.24) is 5.32 Å². The topological polar surface area (TPSA) is 73.6 Å². The maximum Gasteiger partial charge on any atom is 0.241 e. The molecule has 110 valence electrons. The highest BCUT2D eigenvalue weighted by Gasteiger charge is 2.49. The average Bonchev–Trinajstić information content (AvgIpc) is 3.27. The Morgan fingerprint density at radius 2 is 1.85 bits per heavy atom. The van der Waals surface area contributed by atoms with E-state index in [4.69, 9.17) is 15.2 Å². The van der Waals surface area contributed by atoms with Crippen molar-refractivity contribution in [2.24, 2.45) is 11.7 Å². The Balaban J connectivity index is 2.00. The molecule has 2 rings (SSSR count). The molecule has 1 saturated carbocycles. The summed E-state index contributed by atoms with van der Waals surface area (Å²) in [7, 11) is 1.75. The molecule has 1 amide bonds. The third-order valence-electron chi connectivity index (χ3n) is 3.76. The van der Waals surface area contributed by atoms with Gasteiger partial charge in [0.15, 0.2) is 0 Å². The van der Waals surface area contributed by atoms with Gasteiger partial charge in [0, 0.05) is 0 Å². The Kier molecular flexibility index (Phi) is 4.49. The van der Waals surface area contributed by atoms with E-state index >= 15 is 0 Å². The molecule has 0 heterocycles. The maximum atomic E-state index is 11.8. The van der Waals surface area contributed by atoms with Crippen molar-refractivity contribution in [3.63, 3.8) is 0 Å². The summed E-state index contributed by atoms with van der Waals surface area (Å²) in [6, 6.07) is 7.36. The molecule has 0 radical (unpaired) electrons. The minimum atomic E-state index is -0.765. The summed E-state index contributed by atoms with van der Waals surface area (Å²) in [6.07, 6.45) is 2.02.